The van der Waals surface area contributed by atoms with Crippen LogP contribution in [0.4, 0.5) is 5.69 Å². The van der Waals surface area contributed by atoms with Crippen LogP contribution in [0.2, 0.25) is 0 Å². The van der Waals surface area contributed by atoms with Crippen LogP contribution in [0.25, 0.3) is 0 Å². The highest BCUT2D eigenvalue weighted by Crippen LogP contribution is 2.36. The van der Waals surface area contributed by atoms with E-state index in [0.717, 1.165) is 11.3 Å². The topological polar surface area (TPSA) is 75.3 Å². The second-order valence-corrected chi connectivity index (χ2v) is 8.65. The summed E-state index contributed by atoms with van der Waals surface area (Å²) in [7, 11) is 0. The Morgan fingerprint density at radius 2 is 1.83 bits per heavy atom. The maximum Gasteiger partial charge on any atom is 0.237 e. The fraction of sp³-hybridized carbons (Fsp3) is 0.348. The SMILES string of the molecule is CCC1(c2ccc(NC(=O)C(C)SCc3ccccc3)cc2)CCC(=O)NC1=O. The first kappa shape index (κ1) is 21.1. The third-order valence-electron chi connectivity index (χ3n) is 5.49. The van der Waals surface area contributed by atoms with E-state index in [9.17, 15) is 14.4 Å². The van der Waals surface area contributed by atoms with Crippen molar-refractivity contribution < 1.29 is 14.4 Å². The third-order valence-corrected chi connectivity index (χ3v) is 6.70. The zero-order valence-corrected chi connectivity index (χ0v) is 17.6. The summed E-state index contributed by atoms with van der Waals surface area (Å²) >= 11 is 1.59. The molecule has 1 heterocycles. The van der Waals surface area contributed by atoms with Gasteiger partial charge in [-0.05, 0) is 43.0 Å². The molecule has 2 N–H and O–H groups in total. The first-order chi connectivity index (χ1) is 13.9. The summed E-state index contributed by atoms with van der Waals surface area (Å²) in [5.41, 5.74) is 2.07. The number of nitrogens with one attached hydrogen (secondary N) is 2. The van der Waals surface area contributed by atoms with Gasteiger partial charge in [0.1, 0.15) is 0 Å². The van der Waals surface area contributed by atoms with Crippen LogP contribution in [0.5, 0.6) is 0 Å². The normalized spacial score (nSPS) is 20.1. The van der Waals surface area contributed by atoms with Crippen molar-refractivity contribution in [2.24, 2.45) is 0 Å². The van der Waals surface area contributed by atoms with Crippen molar-refractivity contribution in [3.05, 3.63) is 65.7 Å². The molecule has 2 unspecified atom stereocenters. The second kappa shape index (κ2) is 9.27. The van der Waals surface area contributed by atoms with Gasteiger partial charge in [0.05, 0.1) is 10.7 Å². The minimum Gasteiger partial charge on any atom is -0.325 e. The lowest BCUT2D eigenvalue weighted by atomic mass is 9.72. The Morgan fingerprint density at radius 1 is 1.14 bits per heavy atom. The average molecular weight is 411 g/mol. The third kappa shape index (κ3) is 4.88. The predicted molar refractivity (Wildman–Crippen MR) is 117 cm³/mol. The molecule has 1 fully saturated rings. The summed E-state index contributed by atoms with van der Waals surface area (Å²) in [6.07, 6.45) is 1.46. The molecular formula is C23H26N2O3S. The number of carbonyl (C=O) groups excluding carboxylic acids is 3. The number of carbonyl (C=O) groups is 3. The van der Waals surface area contributed by atoms with Gasteiger partial charge in [0.2, 0.25) is 17.7 Å². The van der Waals surface area contributed by atoms with Crippen LogP contribution in [0.3, 0.4) is 0 Å². The Labute approximate surface area is 175 Å². The Morgan fingerprint density at radius 3 is 2.45 bits per heavy atom. The molecule has 1 saturated heterocycles. The van der Waals surface area contributed by atoms with Gasteiger partial charge in [0.25, 0.3) is 0 Å². The molecule has 152 valence electrons. The lowest BCUT2D eigenvalue weighted by Gasteiger charge is -2.35. The number of amides is 3. The molecule has 0 bridgehead atoms. The first-order valence-corrected chi connectivity index (χ1v) is 10.9. The van der Waals surface area contributed by atoms with E-state index in [-0.39, 0.29) is 23.0 Å². The molecule has 1 aliphatic rings. The van der Waals surface area contributed by atoms with Crippen LogP contribution in [0, 0.1) is 0 Å². The molecule has 3 amide bonds. The Balaban J connectivity index is 1.61. The van der Waals surface area contributed by atoms with E-state index < -0.39 is 5.41 Å². The molecule has 0 aromatic heterocycles. The first-order valence-electron chi connectivity index (χ1n) is 9.86. The number of hydrogen-bond acceptors (Lipinski definition) is 4. The van der Waals surface area contributed by atoms with Crippen molar-refractivity contribution in [1.82, 2.24) is 5.32 Å². The average Bonchev–Trinajstić information content (AvgIpc) is 2.74. The van der Waals surface area contributed by atoms with Crippen LogP contribution >= 0.6 is 11.8 Å². The molecule has 2 atom stereocenters. The molecule has 2 aromatic rings. The highest BCUT2D eigenvalue weighted by molar-refractivity contribution is 7.99. The predicted octanol–water partition coefficient (Wildman–Crippen LogP) is 4.03. The van der Waals surface area contributed by atoms with Crippen molar-refractivity contribution in [3.63, 3.8) is 0 Å². The molecule has 0 radical (unpaired) electrons. The number of hydrogen-bond donors (Lipinski definition) is 2. The van der Waals surface area contributed by atoms with Gasteiger partial charge in [-0.3, -0.25) is 19.7 Å². The van der Waals surface area contributed by atoms with E-state index in [0.29, 0.717) is 24.9 Å². The zero-order chi connectivity index (χ0) is 20.9. The van der Waals surface area contributed by atoms with Gasteiger partial charge in [-0.25, -0.2) is 0 Å². The second-order valence-electron chi connectivity index (χ2n) is 7.32. The number of piperidine rings is 1. The molecule has 1 aliphatic heterocycles. The van der Waals surface area contributed by atoms with Crippen molar-refractivity contribution in [2.75, 3.05) is 5.32 Å². The molecule has 3 rings (SSSR count). The van der Waals surface area contributed by atoms with E-state index in [4.69, 9.17) is 0 Å². The van der Waals surface area contributed by atoms with Gasteiger partial charge >= 0.3 is 0 Å². The highest BCUT2D eigenvalue weighted by atomic mass is 32.2. The van der Waals surface area contributed by atoms with Crippen molar-refractivity contribution in [1.29, 1.82) is 0 Å². The molecule has 29 heavy (non-hydrogen) atoms. The van der Waals surface area contributed by atoms with Crippen LogP contribution in [0.15, 0.2) is 54.6 Å². The van der Waals surface area contributed by atoms with Gasteiger partial charge in [-0.1, -0.05) is 49.4 Å². The number of anilines is 1. The maximum absolute atomic E-state index is 12.5. The summed E-state index contributed by atoms with van der Waals surface area (Å²) in [5, 5.41) is 5.21. The summed E-state index contributed by atoms with van der Waals surface area (Å²) in [5.74, 6) is 0.273. The van der Waals surface area contributed by atoms with E-state index in [1.165, 1.54) is 5.56 Å². The summed E-state index contributed by atoms with van der Waals surface area (Å²) < 4.78 is 0. The summed E-state index contributed by atoms with van der Waals surface area (Å²) in [6.45, 7) is 3.85. The summed E-state index contributed by atoms with van der Waals surface area (Å²) in [6, 6.07) is 17.5. The minimum absolute atomic E-state index is 0.0510. The Bertz CT molecular complexity index is 883. The maximum atomic E-state index is 12.5. The van der Waals surface area contributed by atoms with Crippen LogP contribution in [0.1, 0.15) is 44.2 Å². The fourth-order valence-corrected chi connectivity index (χ4v) is 4.40. The van der Waals surface area contributed by atoms with Crippen molar-refractivity contribution in [3.8, 4) is 0 Å². The number of thioether (sulfide) groups is 1. The van der Waals surface area contributed by atoms with E-state index in [1.54, 1.807) is 11.8 Å². The van der Waals surface area contributed by atoms with Crippen molar-refractivity contribution >= 4 is 35.2 Å². The van der Waals surface area contributed by atoms with Crippen molar-refractivity contribution in [2.45, 2.75) is 49.5 Å². The van der Waals surface area contributed by atoms with E-state index in [1.807, 2.05) is 56.3 Å². The van der Waals surface area contributed by atoms with Gasteiger partial charge in [-0.2, -0.15) is 0 Å². The van der Waals surface area contributed by atoms with Crippen LogP contribution < -0.4 is 10.6 Å². The number of rotatable bonds is 7. The molecule has 5 nitrogen and oxygen atoms in total. The summed E-state index contributed by atoms with van der Waals surface area (Å²) in [4.78, 5) is 36.5. The smallest absolute Gasteiger partial charge is 0.237 e. The quantitative estimate of drug-likeness (QED) is 0.676. The molecule has 0 saturated carbocycles. The Kier molecular flexibility index (Phi) is 6.75. The minimum atomic E-state index is -0.685. The number of benzene rings is 2. The zero-order valence-electron chi connectivity index (χ0n) is 16.7. The molecular weight excluding hydrogens is 384 g/mol. The largest absolute Gasteiger partial charge is 0.325 e. The Hall–Kier alpha value is -2.60. The van der Waals surface area contributed by atoms with E-state index in [2.05, 4.69) is 22.8 Å². The fourth-order valence-electron chi connectivity index (χ4n) is 3.55. The van der Waals surface area contributed by atoms with E-state index >= 15 is 0 Å². The molecule has 0 aliphatic carbocycles. The molecule has 2 aromatic carbocycles. The van der Waals surface area contributed by atoms with Gasteiger partial charge in [-0.15, -0.1) is 11.8 Å². The molecule has 6 heteroatoms. The van der Waals surface area contributed by atoms with Crippen LogP contribution in [-0.2, 0) is 25.6 Å². The van der Waals surface area contributed by atoms with Crippen LogP contribution in [-0.4, -0.2) is 23.0 Å². The van der Waals surface area contributed by atoms with Gasteiger partial charge < -0.3 is 5.32 Å². The monoisotopic (exact) mass is 410 g/mol. The molecule has 0 spiro atoms. The lowest BCUT2D eigenvalue weighted by molar-refractivity contribution is -0.138. The lowest BCUT2D eigenvalue weighted by Crippen LogP contribution is -2.51. The van der Waals surface area contributed by atoms with Gasteiger partial charge in [0, 0.05) is 17.9 Å². The number of imide groups is 1. The van der Waals surface area contributed by atoms with Gasteiger partial charge in [0.15, 0.2) is 0 Å². The highest BCUT2D eigenvalue weighted by Gasteiger charge is 2.42. The standard InChI is InChI=1S/C23H26N2O3S/c1-3-23(14-13-20(26)25-22(23)28)18-9-11-19(12-10-18)24-21(27)16(2)29-15-17-7-5-4-6-8-17/h4-12,16H,3,13-15H2,1-2H3,(H,24,27)(H,25,26,28).